The van der Waals surface area contributed by atoms with Gasteiger partial charge in [-0.15, -0.1) is 0 Å². The van der Waals surface area contributed by atoms with E-state index < -0.39 is 0 Å². The van der Waals surface area contributed by atoms with Crippen molar-refractivity contribution in [2.24, 2.45) is 0 Å². The average Bonchev–Trinajstić information content (AvgIpc) is 3.13. The summed E-state index contributed by atoms with van der Waals surface area (Å²) in [6, 6.07) is 7.56. The first kappa shape index (κ1) is 11.3. The van der Waals surface area contributed by atoms with Crippen LogP contribution in [0.15, 0.2) is 33.5 Å². The van der Waals surface area contributed by atoms with Crippen LogP contribution in [0.4, 0.5) is 0 Å². The van der Waals surface area contributed by atoms with E-state index in [1.807, 2.05) is 24.3 Å². The Morgan fingerprint density at radius 2 is 1.95 bits per heavy atom. The molecule has 5 rings (SSSR count). The molecule has 0 saturated carbocycles. The first-order valence-electron chi connectivity index (χ1n) is 7.06. The van der Waals surface area contributed by atoms with E-state index in [1.165, 1.54) is 0 Å². The van der Waals surface area contributed by atoms with E-state index in [9.17, 15) is 4.79 Å². The molecule has 0 unspecified atom stereocenters. The molecule has 4 heteroatoms. The highest BCUT2D eigenvalue weighted by Crippen LogP contribution is 2.33. The minimum atomic E-state index is 0.0238. The van der Waals surface area contributed by atoms with Crippen LogP contribution in [-0.2, 0) is 24.4 Å². The zero-order valence-electron chi connectivity index (χ0n) is 11.3. The van der Waals surface area contributed by atoms with Gasteiger partial charge < -0.3 is 13.9 Å². The van der Waals surface area contributed by atoms with E-state index >= 15 is 0 Å². The molecule has 2 aromatic carbocycles. The maximum atomic E-state index is 12.7. The lowest BCUT2D eigenvalue weighted by atomic mass is 10.0. The van der Waals surface area contributed by atoms with Crippen molar-refractivity contribution in [2.75, 3.05) is 6.61 Å². The van der Waals surface area contributed by atoms with Crippen LogP contribution in [0, 0.1) is 0 Å². The molecular weight excluding hydrogens is 268 g/mol. The van der Waals surface area contributed by atoms with Gasteiger partial charge in [0.05, 0.1) is 30.6 Å². The molecule has 0 N–H and O–H groups in total. The van der Waals surface area contributed by atoms with Gasteiger partial charge in [0.1, 0.15) is 16.9 Å². The Kier molecular flexibility index (Phi) is 2.08. The summed E-state index contributed by atoms with van der Waals surface area (Å²) in [6.45, 7) is 1.76. The van der Waals surface area contributed by atoms with Crippen LogP contribution in [0.5, 0.6) is 5.75 Å². The molecule has 0 bridgehead atoms. The second-order valence-electron chi connectivity index (χ2n) is 5.56. The Hall–Kier alpha value is -2.33. The molecule has 2 aliphatic heterocycles. The fourth-order valence-electron chi connectivity index (χ4n) is 3.24. The maximum Gasteiger partial charge on any atom is 0.200 e. The summed E-state index contributed by atoms with van der Waals surface area (Å²) < 4.78 is 17.1. The van der Waals surface area contributed by atoms with Crippen molar-refractivity contribution in [3.63, 3.8) is 0 Å². The van der Waals surface area contributed by atoms with Gasteiger partial charge in [-0.2, -0.15) is 0 Å². The molecule has 0 amide bonds. The average molecular weight is 280 g/mol. The van der Waals surface area contributed by atoms with Crippen molar-refractivity contribution in [3.8, 4) is 5.75 Å². The van der Waals surface area contributed by atoms with E-state index in [1.54, 1.807) is 0 Å². The van der Waals surface area contributed by atoms with Crippen molar-refractivity contribution in [1.29, 1.82) is 0 Å². The molecule has 21 heavy (non-hydrogen) atoms. The molecule has 3 aromatic rings. The van der Waals surface area contributed by atoms with Crippen molar-refractivity contribution in [1.82, 2.24) is 0 Å². The zero-order chi connectivity index (χ0) is 14.0. The van der Waals surface area contributed by atoms with Crippen LogP contribution >= 0.6 is 0 Å². The standard InChI is InChI=1S/C17H12O4/c18-16-11-2-1-10-7-19-8-13(10)17(11)21-15-6-14-9(3-4-20-14)5-12(15)16/h1-2,5-6H,3-4,7-8H2. The van der Waals surface area contributed by atoms with Gasteiger partial charge in [0.2, 0.25) is 5.43 Å². The summed E-state index contributed by atoms with van der Waals surface area (Å²) in [5.41, 5.74) is 4.44. The van der Waals surface area contributed by atoms with Gasteiger partial charge in [0.15, 0.2) is 0 Å². The second kappa shape index (κ2) is 3.86. The number of benzene rings is 2. The normalized spacial score (nSPS) is 16.2. The largest absolute Gasteiger partial charge is 0.493 e. The summed E-state index contributed by atoms with van der Waals surface area (Å²) in [5, 5.41) is 1.26. The molecule has 0 spiro atoms. The smallest absolute Gasteiger partial charge is 0.200 e. The SMILES string of the molecule is O=c1c2cc3c(cc2oc2c4c(ccc12)COC4)OCC3. The van der Waals surface area contributed by atoms with Crippen LogP contribution in [0.25, 0.3) is 21.9 Å². The predicted octanol–water partition coefficient (Wildman–Crippen LogP) is 2.91. The lowest BCUT2D eigenvalue weighted by Crippen LogP contribution is -2.04. The van der Waals surface area contributed by atoms with E-state index in [0.717, 1.165) is 28.9 Å². The van der Waals surface area contributed by atoms with E-state index in [-0.39, 0.29) is 5.43 Å². The number of hydrogen-bond donors (Lipinski definition) is 0. The minimum Gasteiger partial charge on any atom is -0.493 e. The number of hydrogen-bond acceptors (Lipinski definition) is 4. The van der Waals surface area contributed by atoms with Gasteiger partial charge in [0, 0.05) is 18.1 Å². The van der Waals surface area contributed by atoms with E-state index in [2.05, 4.69) is 0 Å². The van der Waals surface area contributed by atoms with Crippen molar-refractivity contribution in [2.45, 2.75) is 19.6 Å². The Bertz CT molecular complexity index is 961. The molecule has 0 fully saturated rings. The van der Waals surface area contributed by atoms with Gasteiger partial charge >= 0.3 is 0 Å². The Morgan fingerprint density at radius 3 is 2.90 bits per heavy atom. The van der Waals surface area contributed by atoms with Gasteiger partial charge in [-0.1, -0.05) is 6.07 Å². The lowest BCUT2D eigenvalue weighted by molar-refractivity contribution is 0.134. The third-order valence-electron chi connectivity index (χ3n) is 4.35. The first-order chi connectivity index (χ1) is 10.3. The molecule has 0 radical (unpaired) electrons. The van der Waals surface area contributed by atoms with Crippen molar-refractivity contribution < 1.29 is 13.9 Å². The highest BCUT2D eigenvalue weighted by molar-refractivity contribution is 5.92. The summed E-state index contributed by atoms with van der Waals surface area (Å²) in [5.74, 6) is 0.828. The lowest BCUT2D eigenvalue weighted by Gasteiger charge is -2.06. The highest BCUT2D eigenvalue weighted by atomic mass is 16.5. The predicted molar refractivity (Wildman–Crippen MR) is 77.7 cm³/mol. The van der Waals surface area contributed by atoms with Crippen LogP contribution < -0.4 is 10.2 Å². The molecule has 0 saturated heterocycles. The number of fused-ring (bicyclic) bond motifs is 5. The van der Waals surface area contributed by atoms with Gasteiger partial charge in [-0.25, -0.2) is 0 Å². The highest BCUT2D eigenvalue weighted by Gasteiger charge is 2.21. The fraction of sp³-hybridized carbons (Fsp3) is 0.235. The van der Waals surface area contributed by atoms with E-state index in [0.29, 0.717) is 41.8 Å². The third kappa shape index (κ3) is 1.45. The maximum absolute atomic E-state index is 12.7. The first-order valence-corrected chi connectivity index (χ1v) is 7.06. The quantitative estimate of drug-likeness (QED) is 0.594. The van der Waals surface area contributed by atoms with Crippen molar-refractivity contribution in [3.05, 3.63) is 51.2 Å². The summed E-state index contributed by atoms with van der Waals surface area (Å²) in [4.78, 5) is 12.7. The number of ether oxygens (including phenoxy) is 2. The Balaban J connectivity index is 1.96. The number of rotatable bonds is 0. The van der Waals surface area contributed by atoms with Crippen LogP contribution in [0.3, 0.4) is 0 Å². The monoisotopic (exact) mass is 280 g/mol. The Morgan fingerprint density at radius 1 is 1.00 bits per heavy atom. The third-order valence-corrected chi connectivity index (χ3v) is 4.35. The van der Waals surface area contributed by atoms with Gasteiger partial charge in [0.25, 0.3) is 0 Å². The molecule has 2 aliphatic rings. The molecule has 0 aliphatic carbocycles. The fourth-order valence-corrected chi connectivity index (χ4v) is 3.24. The summed E-state index contributed by atoms with van der Waals surface area (Å²) in [6.07, 6.45) is 0.848. The summed E-state index contributed by atoms with van der Waals surface area (Å²) in [7, 11) is 0. The molecule has 3 heterocycles. The van der Waals surface area contributed by atoms with Crippen LogP contribution in [0.2, 0.25) is 0 Å². The van der Waals surface area contributed by atoms with Crippen molar-refractivity contribution >= 4 is 21.9 Å². The second-order valence-corrected chi connectivity index (χ2v) is 5.56. The molecule has 1 aromatic heterocycles. The Labute approximate surface area is 119 Å². The zero-order valence-corrected chi connectivity index (χ0v) is 11.3. The van der Waals surface area contributed by atoms with Gasteiger partial charge in [-0.05, 0) is 23.3 Å². The topological polar surface area (TPSA) is 48.7 Å². The van der Waals surface area contributed by atoms with Crippen LogP contribution in [0.1, 0.15) is 16.7 Å². The molecular formula is C17H12O4. The molecule has 104 valence electrons. The van der Waals surface area contributed by atoms with Crippen LogP contribution in [-0.4, -0.2) is 6.61 Å². The molecule has 0 atom stereocenters. The summed E-state index contributed by atoms with van der Waals surface area (Å²) >= 11 is 0. The molecule has 4 nitrogen and oxygen atoms in total. The van der Waals surface area contributed by atoms with Gasteiger partial charge in [-0.3, -0.25) is 4.79 Å². The van der Waals surface area contributed by atoms with E-state index in [4.69, 9.17) is 13.9 Å². The minimum absolute atomic E-state index is 0.0238.